The fourth-order valence-corrected chi connectivity index (χ4v) is 6.77. The monoisotopic (exact) mass is 441 g/mol. The van der Waals surface area contributed by atoms with Crippen molar-refractivity contribution in [2.75, 3.05) is 26.2 Å². The number of rotatable bonds is 4. The van der Waals surface area contributed by atoms with Gasteiger partial charge in [0.2, 0.25) is 10.0 Å². The van der Waals surface area contributed by atoms with Crippen LogP contribution in [0, 0.1) is 0 Å². The number of nitrogens with zero attached hydrogens (tertiary/aromatic N) is 3. The Labute approximate surface area is 177 Å². The van der Waals surface area contributed by atoms with E-state index in [1.165, 1.54) is 12.1 Å². The highest BCUT2D eigenvalue weighted by Crippen LogP contribution is 2.43. The molecule has 0 saturated carbocycles. The van der Waals surface area contributed by atoms with Crippen LogP contribution in [-0.2, 0) is 14.8 Å². The smallest absolute Gasteiger partial charge is 0.410 e. The first-order valence-corrected chi connectivity index (χ1v) is 12.1. The fraction of sp³-hybridized carbons (Fsp3) is 0.650. The van der Waals surface area contributed by atoms with Crippen LogP contribution in [0.25, 0.3) is 0 Å². The average Bonchev–Trinajstić information content (AvgIpc) is 3.27. The van der Waals surface area contributed by atoms with E-state index in [0.29, 0.717) is 30.6 Å². The molecule has 1 amide bonds. The summed E-state index contributed by atoms with van der Waals surface area (Å²) < 4.78 is 33.7. The number of ether oxygens (including phenoxy) is 1. The summed E-state index contributed by atoms with van der Waals surface area (Å²) in [4.78, 5) is 17.0. The Hall–Kier alpha value is -1.35. The van der Waals surface area contributed by atoms with Crippen molar-refractivity contribution in [2.45, 2.75) is 62.2 Å². The third kappa shape index (κ3) is 4.00. The maximum absolute atomic E-state index is 13.2. The van der Waals surface area contributed by atoms with Gasteiger partial charge in [-0.15, -0.1) is 0 Å². The largest absolute Gasteiger partial charge is 0.444 e. The van der Waals surface area contributed by atoms with Gasteiger partial charge in [-0.3, -0.25) is 4.90 Å². The first kappa shape index (κ1) is 20.9. The maximum atomic E-state index is 13.2. The summed E-state index contributed by atoms with van der Waals surface area (Å²) in [5, 5.41) is 0.498. The van der Waals surface area contributed by atoms with Crippen molar-refractivity contribution in [1.29, 1.82) is 0 Å². The lowest BCUT2D eigenvalue weighted by Crippen LogP contribution is -2.51. The SMILES string of the molecule is CC(C)N1CCN(C(=O)OC2C[C@H]3CCC2N3S(=O)(=O)c2ccc(Cl)cc2)CC1. The van der Waals surface area contributed by atoms with Gasteiger partial charge in [0.25, 0.3) is 0 Å². The van der Waals surface area contributed by atoms with Crippen molar-refractivity contribution in [3.63, 3.8) is 0 Å². The van der Waals surface area contributed by atoms with Crippen molar-refractivity contribution in [3.8, 4) is 0 Å². The lowest BCUT2D eigenvalue weighted by atomic mass is 9.98. The summed E-state index contributed by atoms with van der Waals surface area (Å²) in [6.07, 6.45) is 1.38. The molecule has 3 aliphatic rings. The molecule has 0 aliphatic carbocycles. The summed E-state index contributed by atoms with van der Waals surface area (Å²) in [5.41, 5.74) is 0. The minimum absolute atomic E-state index is 0.115. The van der Waals surface area contributed by atoms with Gasteiger partial charge < -0.3 is 9.64 Å². The van der Waals surface area contributed by atoms with Crippen molar-refractivity contribution in [3.05, 3.63) is 29.3 Å². The summed E-state index contributed by atoms with van der Waals surface area (Å²) in [5.74, 6) is 0. The topological polar surface area (TPSA) is 70.2 Å². The molecule has 3 atom stereocenters. The Balaban J connectivity index is 1.42. The average molecular weight is 442 g/mol. The Kier molecular flexibility index (Phi) is 5.81. The second kappa shape index (κ2) is 8.06. The zero-order chi connectivity index (χ0) is 20.8. The summed E-state index contributed by atoms with van der Waals surface area (Å²) in [6.45, 7) is 7.26. The molecule has 7 nitrogen and oxygen atoms in total. The Morgan fingerprint density at radius 2 is 1.76 bits per heavy atom. The zero-order valence-electron chi connectivity index (χ0n) is 16.8. The molecule has 3 aliphatic heterocycles. The van der Waals surface area contributed by atoms with Crippen LogP contribution >= 0.6 is 11.6 Å². The maximum Gasteiger partial charge on any atom is 0.410 e. The zero-order valence-corrected chi connectivity index (χ0v) is 18.4. The highest BCUT2D eigenvalue weighted by atomic mass is 35.5. The molecule has 1 aromatic rings. The van der Waals surface area contributed by atoms with Crippen LogP contribution in [0.5, 0.6) is 0 Å². The molecule has 29 heavy (non-hydrogen) atoms. The van der Waals surface area contributed by atoms with E-state index in [1.54, 1.807) is 21.3 Å². The van der Waals surface area contributed by atoms with E-state index in [1.807, 2.05) is 0 Å². The van der Waals surface area contributed by atoms with E-state index in [2.05, 4.69) is 18.7 Å². The number of amides is 1. The first-order valence-electron chi connectivity index (χ1n) is 10.3. The van der Waals surface area contributed by atoms with Gasteiger partial charge in [-0.05, 0) is 51.0 Å². The second-order valence-electron chi connectivity index (χ2n) is 8.36. The highest BCUT2D eigenvalue weighted by Gasteiger charge is 2.53. The quantitative estimate of drug-likeness (QED) is 0.718. The molecule has 0 aromatic heterocycles. The standard InChI is InChI=1S/C20H28ClN3O4S/c1-14(2)22-9-11-23(12-10-22)20(25)28-19-13-16-5-8-18(19)24(16)29(26,27)17-6-3-15(21)4-7-17/h3-4,6-7,14,16,18-19H,5,8-13H2,1-2H3/t16-,18?,19?/m1/s1. The summed E-state index contributed by atoms with van der Waals surface area (Å²) in [6, 6.07) is 6.29. The Morgan fingerprint density at radius 3 is 2.38 bits per heavy atom. The molecular weight excluding hydrogens is 414 g/mol. The number of hydrogen-bond donors (Lipinski definition) is 0. The second-order valence-corrected chi connectivity index (χ2v) is 10.6. The lowest BCUT2D eigenvalue weighted by molar-refractivity contribution is 0.0314. The van der Waals surface area contributed by atoms with Crippen LogP contribution < -0.4 is 0 Å². The molecule has 2 unspecified atom stereocenters. The lowest BCUT2D eigenvalue weighted by Gasteiger charge is -2.37. The molecule has 9 heteroatoms. The third-order valence-electron chi connectivity index (χ3n) is 6.36. The minimum atomic E-state index is -3.64. The molecule has 4 rings (SSSR count). The number of sulfonamides is 1. The van der Waals surface area contributed by atoms with Crippen molar-refractivity contribution in [2.24, 2.45) is 0 Å². The van der Waals surface area contributed by atoms with Gasteiger partial charge in [-0.25, -0.2) is 13.2 Å². The summed E-state index contributed by atoms with van der Waals surface area (Å²) in [7, 11) is -3.64. The Bertz CT molecular complexity index is 853. The number of carbonyl (C=O) groups excluding carboxylic acids is 1. The van der Waals surface area contributed by atoms with Crippen LogP contribution in [0.3, 0.4) is 0 Å². The fourth-order valence-electron chi connectivity index (χ4n) is 4.74. The van der Waals surface area contributed by atoms with Crippen LogP contribution in [0.1, 0.15) is 33.1 Å². The molecule has 2 bridgehead atoms. The highest BCUT2D eigenvalue weighted by molar-refractivity contribution is 7.89. The predicted molar refractivity (Wildman–Crippen MR) is 110 cm³/mol. The number of hydrogen-bond acceptors (Lipinski definition) is 5. The van der Waals surface area contributed by atoms with Gasteiger partial charge in [-0.2, -0.15) is 4.31 Å². The van der Waals surface area contributed by atoms with E-state index < -0.39 is 10.0 Å². The van der Waals surface area contributed by atoms with Crippen LogP contribution in [-0.4, -0.2) is 79.0 Å². The van der Waals surface area contributed by atoms with Crippen molar-refractivity contribution in [1.82, 2.24) is 14.1 Å². The number of carbonyl (C=O) groups is 1. The van der Waals surface area contributed by atoms with E-state index >= 15 is 0 Å². The third-order valence-corrected chi connectivity index (χ3v) is 8.60. The molecule has 3 fully saturated rings. The van der Waals surface area contributed by atoms with Crippen molar-refractivity contribution < 1.29 is 17.9 Å². The molecule has 0 N–H and O–H groups in total. The predicted octanol–water partition coefficient (Wildman–Crippen LogP) is 2.80. The van der Waals surface area contributed by atoms with E-state index in [0.717, 1.165) is 25.9 Å². The number of benzene rings is 1. The van der Waals surface area contributed by atoms with E-state index in [-0.39, 0.29) is 29.2 Å². The number of piperazine rings is 1. The Morgan fingerprint density at radius 1 is 1.10 bits per heavy atom. The van der Waals surface area contributed by atoms with E-state index in [9.17, 15) is 13.2 Å². The molecule has 0 radical (unpaired) electrons. The summed E-state index contributed by atoms with van der Waals surface area (Å²) >= 11 is 5.90. The van der Waals surface area contributed by atoms with Crippen LogP contribution in [0.2, 0.25) is 5.02 Å². The van der Waals surface area contributed by atoms with E-state index in [4.69, 9.17) is 16.3 Å². The first-order chi connectivity index (χ1) is 13.8. The van der Waals surface area contributed by atoms with Crippen LogP contribution in [0.4, 0.5) is 4.79 Å². The molecule has 160 valence electrons. The van der Waals surface area contributed by atoms with Gasteiger partial charge in [0.1, 0.15) is 6.10 Å². The molecule has 3 saturated heterocycles. The van der Waals surface area contributed by atoms with Crippen LogP contribution in [0.15, 0.2) is 29.2 Å². The van der Waals surface area contributed by atoms with Gasteiger partial charge in [0.15, 0.2) is 0 Å². The van der Waals surface area contributed by atoms with Gasteiger partial charge in [0.05, 0.1) is 10.9 Å². The van der Waals surface area contributed by atoms with Gasteiger partial charge in [-0.1, -0.05) is 11.6 Å². The normalized spacial score (nSPS) is 28.3. The van der Waals surface area contributed by atoms with Gasteiger partial charge in [0, 0.05) is 49.7 Å². The van der Waals surface area contributed by atoms with Crippen molar-refractivity contribution >= 4 is 27.7 Å². The molecule has 1 aromatic carbocycles. The minimum Gasteiger partial charge on any atom is -0.444 e. The number of halogens is 1. The van der Waals surface area contributed by atoms with Gasteiger partial charge >= 0.3 is 6.09 Å². The molecule has 3 heterocycles. The molecular formula is C20H28ClN3O4S. The molecule has 0 spiro atoms. The number of fused-ring (bicyclic) bond motifs is 2.